The monoisotopic (exact) mass is 247 g/mol. The highest BCUT2D eigenvalue weighted by molar-refractivity contribution is 7.18. The van der Waals surface area contributed by atoms with Gasteiger partial charge in [-0.25, -0.2) is 9.97 Å². The van der Waals surface area contributed by atoms with E-state index in [4.69, 9.17) is 0 Å². The van der Waals surface area contributed by atoms with Crippen LogP contribution in [-0.2, 0) is 0 Å². The summed E-state index contributed by atoms with van der Waals surface area (Å²) in [5, 5.41) is 5.72. The third-order valence-electron chi connectivity index (χ3n) is 3.44. The Labute approximate surface area is 105 Å². The number of anilines is 1. The molecule has 2 heterocycles. The summed E-state index contributed by atoms with van der Waals surface area (Å²) in [6.07, 6.45) is 5.57. The highest BCUT2D eigenvalue weighted by Crippen LogP contribution is 2.38. The summed E-state index contributed by atoms with van der Waals surface area (Å²) >= 11 is 1.74. The summed E-state index contributed by atoms with van der Waals surface area (Å²) in [5.74, 6) is 1.88. The van der Waals surface area contributed by atoms with Crippen LogP contribution in [0.1, 0.15) is 31.7 Å². The molecule has 1 saturated carbocycles. The van der Waals surface area contributed by atoms with E-state index in [0.29, 0.717) is 6.04 Å². The molecule has 90 valence electrons. The summed E-state index contributed by atoms with van der Waals surface area (Å²) in [5.41, 5.74) is 2.34. The van der Waals surface area contributed by atoms with E-state index in [-0.39, 0.29) is 0 Å². The second-order valence-corrected chi connectivity index (χ2v) is 5.73. The molecular formula is C13H17N3S. The second-order valence-electron chi connectivity index (χ2n) is 4.85. The van der Waals surface area contributed by atoms with Crippen LogP contribution in [0, 0.1) is 12.8 Å². The molecule has 2 aromatic heterocycles. The van der Waals surface area contributed by atoms with Crippen molar-refractivity contribution < 1.29 is 0 Å². The van der Waals surface area contributed by atoms with Crippen LogP contribution in [0.15, 0.2) is 11.7 Å². The maximum atomic E-state index is 4.38. The molecule has 0 bridgehead atoms. The Morgan fingerprint density at radius 1 is 1.47 bits per heavy atom. The fraction of sp³-hybridized carbons (Fsp3) is 0.538. The first-order valence-corrected chi connectivity index (χ1v) is 7.13. The van der Waals surface area contributed by atoms with Crippen molar-refractivity contribution in [3.63, 3.8) is 0 Å². The predicted octanol–water partition coefficient (Wildman–Crippen LogP) is 3.60. The van der Waals surface area contributed by atoms with E-state index in [1.807, 2.05) is 0 Å². The van der Waals surface area contributed by atoms with Gasteiger partial charge in [0.05, 0.1) is 10.2 Å². The molecule has 4 heteroatoms. The molecule has 0 aromatic carbocycles. The summed E-state index contributed by atoms with van der Waals surface area (Å²) in [4.78, 5) is 8.73. The molecule has 0 amide bonds. The average Bonchev–Trinajstić information content (AvgIpc) is 2.93. The first-order chi connectivity index (χ1) is 8.29. The van der Waals surface area contributed by atoms with E-state index in [0.717, 1.165) is 17.3 Å². The molecule has 3 nitrogen and oxygen atoms in total. The first-order valence-electron chi connectivity index (χ1n) is 6.25. The van der Waals surface area contributed by atoms with E-state index in [2.05, 4.69) is 34.5 Å². The van der Waals surface area contributed by atoms with Gasteiger partial charge in [-0.3, -0.25) is 0 Å². The summed E-state index contributed by atoms with van der Waals surface area (Å²) < 4.78 is 1.20. The first kappa shape index (κ1) is 11.0. The summed E-state index contributed by atoms with van der Waals surface area (Å²) in [7, 11) is 0. The number of nitrogens with zero attached hydrogens (tertiary/aromatic N) is 2. The number of aromatic nitrogens is 2. The number of hydrogen-bond acceptors (Lipinski definition) is 4. The van der Waals surface area contributed by atoms with Crippen molar-refractivity contribution >= 4 is 27.4 Å². The topological polar surface area (TPSA) is 37.8 Å². The second kappa shape index (κ2) is 4.26. The Morgan fingerprint density at radius 3 is 3.18 bits per heavy atom. The molecule has 17 heavy (non-hydrogen) atoms. The zero-order valence-electron chi connectivity index (χ0n) is 10.2. The van der Waals surface area contributed by atoms with E-state index in [9.17, 15) is 0 Å². The van der Waals surface area contributed by atoms with Gasteiger partial charge in [-0.1, -0.05) is 13.3 Å². The van der Waals surface area contributed by atoms with Crippen molar-refractivity contribution in [2.24, 2.45) is 5.92 Å². The molecule has 1 aliphatic rings. The van der Waals surface area contributed by atoms with Crippen molar-refractivity contribution in [3.05, 3.63) is 17.3 Å². The Kier molecular flexibility index (Phi) is 2.74. The predicted molar refractivity (Wildman–Crippen MR) is 72.6 cm³/mol. The Morgan fingerprint density at radius 2 is 2.35 bits per heavy atom. The quantitative estimate of drug-likeness (QED) is 0.897. The lowest BCUT2D eigenvalue weighted by molar-refractivity contribution is 0.692. The Bertz CT molecular complexity index is 534. The maximum absolute atomic E-state index is 4.38. The minimum Gasteiger partial charge on any atom is -0.366 e. The van der Waals surface area contributed by atoms with Gasteiger partial charge in [0.2, 0.25) is 0 Å². The van der Waals surface area contributed by atoms with E-state index < -0.39 is 0 Å². The van der Waals surface area contributed by atoms with Gasteiger partial charge in [-0.05, 0) is 36.6 Å². The molecule has 3 rings (SSSR count). The lowest BCUT2D eigenvalue weighted by atomic mass is 10.2. The molecule has 1 N–H and O–H groups in total. The van der Waals surface area contributed by atoms with Crippen LogP contribution in [0.2, 0.25) is 0 Å². The number of rotatable bonds is 4. The van der Waals surface area contributed by atoms with Gasteiger partial charge in [0.15, 0.2) is 0 Å². The van der Waals surface area contributed by atoms with Crippen molar-refractivity contribution in [1.29, 1.82) is 0 Å². The zero-order chi connectivity index (χ0) is 11.8. The molecule has 0 spiro atoms. The van der Waals surface area contributed by atoms with Crippen LogP contribution in [0.3, 0.4) is 0 Å². The van der Waals surface area contributed by atoms with Crippen molar-refractivity contribution in [1.82, 2.24) is 9.97 Å². The lowest BCUT2D eigenvalue weighted by Crippen LogP contribution is -2.06. The third-order valence-corrected chi connectivity index (χ3v) is 4.53. The molecule has 0 aliphatic heterocycles. The number of hydrogen-bond donors (Lipinski definition) is 1. The lowest BCUT2D eigenvalue weighted by Gasteiger charge is -2.05. The van der Waals surface area contributed by atoms with Gasteiger partial charge in [0.25, 0.3) is 0 Å². The fourth-order valence-electron chi connectivity index (χ4n) is 2.36. The van der Waals surface area contributed by atoms with E-state index >= 15 is 0 Å². The third kappa shape index (κ3) is 2.02. The maximum Gasteiger partial charge on any atom is 0.147 e. The van der Waals surface area contributed by atoms with Crippen LogP contribution >= 0.6 is 11.3 Å². The van der Waals surface area contributed by atoms with Crippen molar-refractivity contribution in [3.8, 4) is 0 Å². The van der Waals surface area contributed by atoms with Gasteiger partial charge in [-0.2, -0.15) is 0 Å². The largest absolute Gasteiger partial charge is 0.366 e. The van der Waals surface area contributed by atoms with Gasteiger partial charge in [0, 0.05) is 6.04 Å². The van der Waals surface area contributed by atoms with Gasteiger partial charge < -0.3 is 5.32 Å². The van der Waals surface area contributed by atoms with Crippen molar-refractivity contribution in [2.45, 2.75) is 39.2 Å². The zero-order valence-corrected chi connectivity index (χ0v) is 11.0. The minimum atomic E-state index is 0.635. The molecule has 2 unspecified atom stereocenters. The van der Waals surface area contributed by atoms with Crippen molar-refractivity contribution in [2.75, 3.05) is 5.32 Å². The standard InChI is InChI=1S/C13H17N3S/c1-3-4-9-5-10(9)16-13-12-11(14-7-15-13)8(2)6-17-12/h6-7,9-10H,3-5H2,1-2H3,(H,14,15,16). The molecule has 2 atom stereocenters. The molecule has 2 aromatic rings. The minimum absolute atomic E-state index is 0.635. The molecule has 0 saturated heterocycles. The van der Waals surface area contributed by atoms with Crippen LogP contribution in [0.4, 0.5) is 5.82 Å². The SMILES string of the molecule is CCCC1CC1Nc1ncnc2c(C)csc12. The highest BCUT2D eigenvalue weighted by Gasteiger charge is 2.36. The molecule has 1 aliphatic carbocycles. The number of thiophene rings is 1. The highest BCUT2D eigenvalue weighted by atomic mass is 32.1. The smallest absolute Gasteiger partial charge is 0.147 e. The van der Waals surface area contributed by atoms with Crippen LogP contribution in [-0.4, -0.2) is 16.0 Å². The average molecular weight is 247 g/mol. The van der Waals surface area contributed by atoms with Crippen LogP contribution in [0.5, 0.6) is 0 Å². The molecule has 1 fully saturated rings. The Balaban J connectivity index is 1.82. The normalized spacial score (nSPS) is 22.9. The van der Waals surface area contributed by atoms with Gasteiger partial charge in [0.1, 0.15) is 12.1 Å². The molecular weight excluding hydrogens is 230 g/mol. The summed E-state index contributed by atoms with van der Waals surface area (Å²) in [6, 6.07) is 0.635. The summed E-state index contributed by atoms with van der Waals surface area (Å²) in [6.45, 7) is 4.35. The molecule has 0 radical (unpaired) electrons. The van der Waals surface area contributed by atoms with Gasteiger partial charge in [-0.15, -0.1) is 11.3 Å². The number of fused-ring (bicyclic) bond motifs is 1. The Hall–Kier alpha value is -1.16. The van der Waals surface area contributed by atoms with Gasteiger partial charge >= 0.3 is 0 Å². The fourth-order valence-corrected chi connectivity index (χ4v) is 3.32. The van der Waals surface area contributed by atoms with E-state index in [1.54, 1.807) is 17.7 Å². The number of nitrogens with one attached hydrogen (secondary N) is 1. The van der Waals surface area contributed by atoms with E-state index in [1.165, 1.54) is 29.5 Å². The number of aryl methyl sites for hydroxylation is 1. The van der Waals surface area contributed by atoms with Crippen LogP contribution in [0.25, 0.3) is 10.2 Å². The van der Waals surface area contributed by atoms with Crippen LogP contribution < -0.4 is 5.32 Å².